The molecule has 3 nitrogen and oxygen atoms in total. The van der Waals surface area contributed by atoms with E-state index >= 15 is 0 Å². The van der Waals surface area contributed by atoms with Crippen LogP contribution in [-0.4, -0.2) is 14.6 Å². The van der Waals surface area contributed by atoms with E-state index in [2.05, 4.69) is 10.1 Å². The van der Waals surface area contributed by atoms with Crippen molar-refractivity contribution in [3.05, 3.63) is 29.2 Å². The highest BCUT2D eigenvalue weighted by Crippen LogP contribution is 2.10. The minimum atomic E-state index is 0.319. The number of alkyl halides is 1. The fourth-order valence-corrected chi connectivity index (χ4v) is 1.23. The fraction of sp³-hybridized carbons (Fsp3) is 0.143. The lowest BCUT2D eigenvalue weighted by Gasteiger charge is -1.89. The first-order valence-electron chi connectivity index (χ1n) is 3.36. The first-order chi connectivity index (χ1) is 5.79. The second-order valence-corrected chi connectivity index (χ2v) is 3.01. The molecule has 2 rings (SSSR count). The van der Waals surface area contributed by atoms with Gasteiger partial charge >= 0.3 is 0 Å². The number of rotatable bonds is 1. The van der Waals surface area contributed by atoms with Crippen molar-refractivity contribution < 1.29 is 0 Å². The normalized spacial score (nSPS) is 10.8. The van der Waals surface area contributed by atoms with Crippen LogP contribution >= 0.6 is 23.2 Å². The minimum Gasteiger partial charge on any atom is -0.221 e. The Bertz CT molecular complexity index is 410. The van der Waals surface area contributed by atoms with Crippen molar-refractivity contribution in [2.45, 2.75) is 5.88 Å². The van der Waals surface area contributed by atoms with E-state index in [1.807, 2.05) is 0 Å². The zero-order chi connectivity index (χ0) is 8.55. The van der Waals surface area contributed by atoms with Crippen molar-refractivity contribution in [1.29, 1.82) is 0 Å². The molecule has 2 heterocycles. The molecule has 0 bridgehead atoms. The van der Waals surface area contributed by atoms with E-state index in [1.54, 1.807) is 22.8 Å². The van der Waals surface area contributed by atoms with Crippen LogP contribution in [0.3, 0.4) is 0 Å². The summed E-state index contributed by atoms with van der Waals surface area (Å²) in [5.74, 6) is 0.929. The molecule has 0 atom stereocenters. The van der Waals surface area contributed by atoms with Crippen LogP contribution in [0, 0.1) is 0 Å². The summed E-state index contributed by atoms with van der Waals surface area (Å²) < 4.78 is 1.64. The van der Waals surface area contributed by atoms with Gasteiger partial charge in [-0.25, -0.2) is 9.50 Å². The molecule has 0 saturated carbocycles. The molecular formula is C7H5Cl2N3. The number of pyridine rings is 1. The average Bonchev–Trinajstić information content (AvgIpc) is 2.46. The highest BCUT2D eigenvalue weighted by Gasteiger charge is 2.01. The molecule has 0 aliphatic heterocycles. The monoisotopic (exact) mass is 201 g/mol. The smallest absolute Gasteiger partial charge is 0.166 e. The van der Waals surface area contributed by atoms with E-state index < -0.39 is 0 Å². The molecule has 62 valence electrons. The highest BCUT2D eigenvalue weighted by molar-refractivity contribution is 6.30. The van der Waals surface area contributed by atoms with Gasteiger partial charge in [-0.15, -0.1) is 11.6 Å². The van der Waals surface area contributed by atoms with Crippen LogP contribution in [0.4, 0.5) is 0 Å². The SMILES string of the molecule is ClCc1nc2cc(Cl)ccn2n1. The lowest BCUT2D eigenvalue weighted by Crippen LogP contribution is -1.85. The van der Waals surface area contributed by atoms with E-state index in [1.165, 1.54) is 0 Å². The van der Waals surface area contributed by atoms with Crippen molar-refractivity contribution >= 4 is 28.8 Å². The van der Waals surface area contributed by atoms with Gasteiger partial charge in [-0.1, -0.05) is 11.6 Å². The number of nitrogens with zero attached hydrogens (tertiary/aromatic N) is 3. The number of halogens is 2. The molecular weight excluding hydrogens is 197 g/mol. The first kappa shape index (κ1) is 7.83. The summed E-state index contributed by atoms with van der Waals surface area (Å²) in [4.78, 5) is 4.13. The molecule has 5 heteroatoms. The Morgan fingerprint density at radius 2 is 2.33 bits per heavy atom. The van der Waals surface area contributed by atoms with Crippen LogP contribution in [0.5, 0.6) is 0 Å². The Labute approximate surface area is 78.9 Å². The van der Waals surface area contributed by atoms with E-state index in [9.17, 15) is 0 Å². The molecule has 0 fully saturated rings. The van der Waals surface area contributed by atoms with Crippen LogP contribution < -0.4 is 0 Å². The van der Waals surface area contributed by atoms with Crippen molar-refractivity contribution in [2.24, 2.45) is 0 Å². The lowest BCUT2D eigenvalue weighted by atomic mass is 10.5. The Kier molecular flexibility index (Phi) is 1.90. The zero-order valence-electron chi connectivity index (χ0n) is 6.04. The van der Waals surface area contributed by atoms with Gasteiger partial charge in [-0.2, -0.15) is 5.10 Å². The summed E-state index contributed by atoms with van der Waals surface area (Å²) in [6.07, 6.45) is 1.75. The van der Waals surface area contributed by atoms with Crippen LogP contribution in [-0.2, 0) is 5.88 Å². The van der Waals surface area contributed by atoms with Gasteiger partial charge in [0.2, 0.25) is 0 Å². The molecule has 12 heavy (non-hydrogen) atoms. The van der Waals surface area contributed by atoms with Gasteiger partial charge in [0.1, 0.15) is 0 Å². The molecule has 0 spiro atoms. The molecule has 0 aromatic carbocycles. The molecule has 0 amide bonds. The van der Waals surface area contributed by atoms with Crippen LogP contribution in [0.1, 0.15) is 5.82 Å². The molecule has 0 aliphatic rings. The molecule has 2 aromatic heterocycles. The number of hydrogen-bond acceptors (Lipinski definition) is 2. The molecule has 0 N–H and O–H groups in total. The van der Waals surface area contributed by atoms with Crippen LogP contribution in [0.25, 0.3) is 5.65 Å². The third-order valence-corrected chi connectivity index (χ3v) is 1.94. The second-order valence-electron chi connectivity index (χ2n) is 2.31. The number of hydrogen-bond donors (Lipinski definition) is 0. The maximum atomic E-state index is 5.76. The van der Waals surface area contributed by atoms with E-state index in [0.717, 1.165) is 5.65 Å². The maximum Gasteiger partial charge on any atom is 0.166 e. The predicted molar refractivity (Wildman–Crippen MR) is 47.6 cm³/mol. The van der Waals surface area contributed by atoms with Gasteiger partial charge in [0, 0.05) is 17.3 Å². The third-order valence-electron chi connectivity index (χ3n) is 1.46. The summed E-state index contributed by atoms with van der Waals surface area (Å²) in [5, 5.41) is 4.74. The standard InChI is InChI=1S/C7H5Cl2N3/c8-4-6-10-7-3-5(9)1-2-12(7)11-6/h1-3H,4H2. The Hall–Kier alpha value is -0.800. The number of fused-ring (bicyclic) bond motifs is 1. The molecule has 0 radical (unpaired) electrons. The van der Waals surface area contributed by atoms with Gasteiger partial charge in [0.15, 0.2) is 11.5 Å². The third kappa shape index (κ3) is 1.26. The van der Waals surface area contributed by atoms with Gasteiger partial charge < -0.3 is 0 Å². The Morgan fingerprint density at radius 1 is 1.50 bits per heavy atom. The maximum absolute atomic E-state index is 5.76. The molecule has 0 unspecified atom stereocenters. The van der Waals surface area contributed by atoms with Crippen LogP contribution in [0.2, 0.25) is 5.02 Å². The molecule has 0 saturated heterocycles. The lowest BCUT2D eigenvalue weighted by molar-refractivity contribution is 0.923. The van der Waals surface area contributed by atoms with Crippen LogP contribution in [0.15, 0.2) is 18.3 Å². The van der Waals surface area contributed by atoms with Crippen molar-refractivity contribution in [2.75, 3.05) is 0 Å². The number of aromatic nitrogens is 3. The molecule has 0 aliphatic carbocycles. The summed E-state index contributed by atoms with van der Waals surface area (Å²) >= 11 is 11.3. The van der Waals surface area contributed by atoms with E-state index in [4.69, 9.17) is 23.2 Å². The summed E-state index contributed by atoms with van der Waals surface area (Å²) in [6.45, 7) is 0. The summed E-state index contributed by atoms with van der Waals surface area (Å²) in [5.41, 5.74) is 0.721. The van der Waals surface area contributed by atoms with Gasteiger partial charge in [-0.3, -0.25) is 0 Å². The zero-order valence-corrected chi connectivity index (χ0v) is 7.55. The Balaban J connectivity index is 2.67. The average molecular weight is 202 g/mol. The quantitative estimate of drug-likeness (QED) is 0.663. The van der Waals surface area contributed by atoms with E-state index in [0.29, 0.717) is 16.7 Å². The van der Waals surface area contributed by atoms with Gasteiger partial charge in [0.25, 0.3) is 0 Å². The highest BCUT2D eigenvalue weighted by atomic mass is 35.5. The van der Waals surface area contributed by atoms with Crippen molar-refractivity contribution in [1.82, 2.24) is 14.6 Å². The van der Waals surface area contributed by atoms with Gasteiger partial charge in [0.05, 0.1) is 5.88 Å². The topological polar surface area (TPSA) is 30.2 Å². The largest absolute Gasteiger partial charge is 0.221 e. The molecule has 2 aromatic rings. The minimum absolute atomic E-state index is 0.319. The summed E-state index contributed by atoms with van der Waals surface area (Å²) in [6, 6.07) is 3.49. The summed E-state index contributed by atoms with van der Waals surface area (Å²) in [7, 11) is 0. The fourth-order valence-electron chi connectivity index (χ4n) is 0.959. The van der Waals surface area contributed by atoms with E-state index in [-0.39, 0.29) is 0 Å². The van der Waals surface area contributed by atoms with Crippen molar-refractivity contribution in [3.8, 4) is 0 Å². The van der Waals surface area contributed by atoms with Crippen molar-refractivity contribution in [3.63, 3.8) is 0 Å². The Morgan fingerprint density at radius 3 is 3.08 bits per heavy atom. The second kappa shape index (κ2) is 2.92. The first-order valence-corrected chi connectivity index (χ1v) is 4.27. The predicted octanol–water partition coefficient (Wildman–Crippen LogP) is 2.12. The van der Waals surface area contributed by atoms with Gasteiger partial charge in [-0.05, 0) is 6.07 Å².